The summed E-state index contributed by atoms with van der Waals surface area (Å²) < 4.78 is 0. The minimum atomic E-state index is 0.00852. The summed E-state index contributed by atoms with van der Waals surface area (Å²) in [5.41, 5.74) is 5.54. The first-order valence-corrected chi connectivity index (χ1v) is 7.12. The van der Waals surface area contributed by atoms with Crippen LogP contribution in [0.5, 0.6) is 0 Å². The standard InChI is InChI=1S/C17H14N4O/c1-11(22)21-10-12-6-2-3-7-13(12)16-17(19-20-18-16)14-8-4-5-9-15(14)21/h2-9H,10H2,1H3,(H,18,19,20). The van der Waals surface area contributed by atoms with E-state index in [4.69, 9.17) is 0 Å². The Morgan fingerprint density at radius 3 is 2.64 bits per heavy atom. The van der Waals surface area contributed by atoms with Crippen LogP contribution in [0, 0.1) is 0 Å². The summed E-state index contributed by atoms with van der Waals surface area (Å²) >= 11 is 0. The van der Waals surface area contributed by atoms with Crippen molar-refractivity contribution in [2.75, 3.05) is 4.90 Å². The zero-order valence-corrected chi connectivity index (χ0v) is 12.1. The van der Waals surface area contributed by atoms with Gasteiger partial charge in [-0.3, -0.25) is 9.89 Å². The first-order valence-electron chi connectivity index (χ1n) is 7.12. The van der Waals surface area contributed by atoms with E-state index in [9.17, 15) is 4.79 Å². The normalized spacial score (nSPS) is 12.7. The number of hydrogen-bond donors (Lipinski definition) is 1. The van der Waals surface area contributed by atoms with E-state index in [1.807, 2.05) is 48.5 Å². The van der Waals surface area contributed by atoms with E-state index in [0.717, 1.165) is 33.8 Å². The van der Waals surface area contributed by atoms with Crippen LogP contribution in [-0.4, -0.2) is 21.3 Å². The molecule has 5 nitrogen and oxygen atoms in total. The van der Waals surface area contributed by atoms with E-state index in [1.165, 1.54) is 0 Å². The van der Waals surface area contributed by atoms with Crippen LogP contribution in [0.15, 0.2) is 48.5 Å². The number of anilines is 1. The maximum absolute atomic E-state index is 12.2. The molecule has 108 valence electrons. The summed E-state index contributed by atoms with van der Waals surface area (Å²) in [5, 5.41) is 11.2. The molecule has 2 heterocycles. The summed E-state index contributed by atoms with van der Waals surface area (Å²) in [4.78, 5) is 14.0. The van der Waals surface area contributed by atoms with Gasteiger partial charge in [0.25, 0.3) is 0 Å². The van der Waals surface area contributed by atoms with Crippen molar-refractivity contribution in [3.63, 3.8) is 0 Å². The van der Waals surface area contributed by atoms with E-state index >= 15 is 0 Å². The van der Waals surface area contributed by atoms with Gasteiger partial charge in [-0.05, 0) is 11.6 Å². The molecule has 3 aromatic rings. The number of fused-ring (bicyclic) bond motifs is 5. The molecule has 0 atom stereocenters. The molecular weight excluding hydrogens is 276 g/mol. The Kier molecular flexibility index (Phi) is 2.79. The van der Waals surface area contributed by atoms with Crippen molar-refractivity contribution in [1.29, 1.82) is 0 Å². The van der Waals surface area contributed by atoms with Crippen molar-refractivity contribution < 1.29 is 4.79 Å². The summed E-state index contributed by atoms with van der Waals surface area (Å²) in [5.74, 6) is 0.00852. The summed E-state index contributed by atoms with van der Waals surface area (Å²) in [6, 6.07) is 15.8. The lowest BCUT2D eigenvalue weighted by Crippen LogP contribution is -2.29. The van der Waals surface area contributed by atoms with Gasteiger partial charge < -0.3 is 4.90 Å². The number of carbonyl (C=O) groups is 1. The van der Waals surface area contributed by atoms with Crippen molar-refractivity contribution in [2.45, 2.75) is 13.5 Å². The van der Waals surface area contributed by atoms with Crippen LogP contribution < -0.4 is 4.90 Å². The van der Waals surface area contributed by atoms with Crippen molar-refractivity contribution in [2.24, 2.45) is 0 Å². The SMILES string of the molecule is CC(=O)N1Cc2ccccc2-c2[nH]nnc2-c2ccccc21. The molecule has 0 unspecified atom stereocenters. The highest BCUT2D eigenvalue weighted by Gasteiger charge is 2.25. The zero-order chi connectivity index (χ0) is 15.1. The Hall–Kier alpha value is -2.95. The van der Waals surface area contributed by atoms with Gasteiger partial charge in [-0.15, -0.1) is 5.10 Å². The Labute approximate surface area is 127 Å². The van der Waals surface area contributed by atoms with Gasteiger partial charge in [-0.1, -0.05) is 47.7 Å². The highest BCUT2D eigenvalue weighted by Crippen LogP contribution is 2.39. The third-order valence-electron chi connectivity index (χ3n) is 3.99. The predicted octanol–water partition coefficient (Wildman–Crippen LogP) is 3.01. The highest BCUT2D eigenvalue weighted by atomic mass is 16.2. The number of nitrogens with zero attached hydrogens (tertiary/aromatic N) is 3. The molecule has 1 amide bonds. The second-order valence-electron chi connectivity index (χ2n) is 5.31. The van der Waals surface area contributed by atoms with E-state index in [-0.39, 0.29) is 5.91 Å². The third kappa shape index (κ3) is 1.83. The molecule has 0 saturated heterocycles. The first kappa shape index (κ1) is 12.8. The van der Waals surface area contributed by atoms with E-state index in [2.05, 4.69) is 15.4 Å². The minimum Gasteiger partial charge on any atom is -0.308 e. The lowest BCUT2D eigenvalue weighted by atomic mass is 9.96. The molecule has 0 spiro atoms. The quantitative estimate of drug-likeness (QED) is 0.692. The predicted molar refractivity (Wildman–Crippen MR) is 84.1 cm³/mol. The number of nitrogens with one attached hydrogen (secondary N) is 1. The van der Waals surface area contributed by atoms with Crippen LogP contribution >= 0.6 is 0 Å². The van der Waals surface area contributed by atoms with Gasteiger partial charge in [-0.25, -0.2) is 0 Å². The van der Waals surface area contributed by atoms with Crippen molar-refractivity contribution in [3.05, 3.63) is 54.1 Å². The molecule has 1 aliphatic heterocycles. The molecule has 1 aliphatic rings. The molecule has 1 N–H and O–H groups in total. The third-order valence-corrected chi connectivity index (χ3v) is 3.99. The molecular formula is C17H14N4O. The lowest BCUT2D eigenvalue weighted by molar-refractivity contribution is -0.116. The molecule has 22 heavy (non-hydrogen) atoms. The average molecular weight is 290 g/mol. The van der Waals surface area contributed by atoms with Gasteiger partial charge in [0.2, 0.25) is 5.91 Å². The summed E-state index contributed by atoms with van der Waals surface area (Å²) in [7, 11) is 0. The molecule has 0 bridgehead atoms. The number of H-pyrrole nitrogens is 1. The van der Waals surface area contributed by atoms with Crippen molar-refractivity contribution in [3.8, 4) is 22.5 Å². The smallest absolute Gasteiger partial charge is 0.224 e. The molecule has 4 rings (SSSR count). The Morgan fingerprint density at radius 1 is 1.09 bits per heavy atom. The largest absolute Gasteiger partial charge is 0.308 e. The molecule has 0 saturated carbocycles. The summed E-state index contributed by atoms with van der Waals surface area (Å²) in [6.45, 7) is 2.12. The zero-order valence-electron chi connectivity index (χ0n) is 12.1. The molecule has 0 fully saturated rings. The first-order chi connectivity index (χ1) is 10.8. The fourth-order valence-electron chi connectivity index (χ4n) is 2.95. The van der Waals surface area contributed by atoms with E-state index in [1.54, 1.807) is 11.8 Å². The van der Waals surface area contributed by atoms with Gasteiger partial charge in [0, 0.05) is 18.1 Å². The van der Waals surface area contributed by atoms with Gasteiger partial charge in [-0.2, -0.15) is 0 Å². The van der Waals surface area contributed by atoms with Crippen LogP contribution in [-0.2, 0) is 11.3 Å². The van der Waals surface area contributed by atoms with E-state index < -0.39 is 0 Å². The molecule has 1 aromatic heterocycles. The van der Waals surface area contributed by atoms with Crippen molar-refractivity contribution >= 4 is 11.6 Å². The highest BCUT2D eigenvalue weighted by molar-refractivity contribution is 5.98. The summed E-state index contributed by atoms with van der Waals surface area (Å²) in [6.07, 6.45) is 0. The number of rotatable bonds is 0. The van der Waals surface area contributed by atoms with Crippen LogP contribution in [0.4, 0.5) is 5.69 Å². The monoisotopic (exact) mass is 290 g/mol. The number of amides is 1. The number of carbonyl (C=O) groups excluding carboxylic acids is 1. The van der Waals surface area contributed by atoms with Crippen LogP contribution in [0.25, 0.3) is 22.5 Å². The minimum absolute atomic E-state index is 0.00852. The van der Waals surface area contributed by atoms with Gasteiger partial charge >= 0.3 is 0 Å². The number of hydrogen-bond acceptors (Lipinski definition) is 3. The van der Waals surface area contributed by atoms with Gasteiger partial charge in [0.05, 0.1) is 17.9 Å². The van der Waals surface area contributed by atoms with Crippen LogP contribution in [0.2, 0.25) is 0 Å². The second-order valence-corrected chi connectivity index (χ2v) is 5.31. The molecule has 0 radical (unpaired) electrons. The average Bonchev–Trinajstić information content (AvgIpc) is 3.00. The number of para-hydroxylation sites is 1. The number of aromatic amines is 1. The maximum Gasteiger partial charge on any atom is 0.224 e. The Balaban J connectivity index is 2.07. The fraction of sp³-hybridized carbons (Fsp3) is 0.118. The Morgan fingerprint density at radius 2 is 1.82 bits per heavy atom. The van der Waals surface area contributed by atoms with E-state index in [0.29, 0.717) is 6.54 Å². The number of benzene rings is 2. The van der Waals surface area contributed by atoms with Gasteiger partial charge in [0.1, 0.15) is 5.69 Å². The van der Waals surface area contributed by atoms with Gasteiger partial charge in [0.15, 0.2) is 0 Å². The maximum atomic E-state index is 12.2. The molecule has 0 aliphatic carbocycles. The van der Waals surface area contributed by atoms with Crippen molar-refractivity contribution in [1.82, 2.24) is 15.4 Å². The molecule has 5 heteroatoms. The second kappa shape index (κ2) is 4.80. The van der Waals surface area contributed by atoms with Crippen LogP contribution in [0.3, 0.4) is 0 Å². The lowest BCUT2D eigenvalue weighted by Gasteiger charge is -2.27. The van der Waals surface area contributed by atoms with Crippen LogP contribution in [0.1, 0.15) is 12.5 Å². The topological polar surface area (TPSA) is 61.9 Å². The fourth-order valence-corrected chi connectivity index (χ4v) is 2.95. The number of aromatic nitrogens is 3. The Bertz CT molecular complexity index is 868. The molecule has 2 aromatic carbocycles.